The van der Waals surface area contributed by atoms with Crippen LogP contribution in [-0.4, -0.2) is 89.5 Å². The van der Waals surface area contributed by atoms with Crippen molar-refractivity contribution in [1.29, 1.82) is 0 Å². The third-order valence-electron chi connectivity index (χ3n) is 7.32. The van der Waals surface area contributed by atoms with E-state index >= 15 is 0 Å². The van der Waals surface area contributed by atoms with Crippen LogP contribution in [-0.2, 0) is 33.2 Å². The molecule has 4 aliphatic rings. The molecule has 0 N–H and O–H groups in total. The van der Waals surface area contributed by atoms with E-state index in [2.05, 4.69) is 0 Å². The summed E-state index contributed by atoms with van der Waals surface area (Å²) in [4.78, 5) is 0. The Labute approximate surface area is 200 Å². The second-order valence-corrected chi connectivity index (χ2v) is 10.3. The van der Waals surface area contributed by atoms with E-state index in [9.17, 15) is 0 Å². The standard InChI is InChI=1S/C26H46O7/c1-2-6-10-21(9-5-1)28-17-25-19-30-23(15-32-25)13-27-14-24-16-33-26(20-31-24)18-29-22-11-7-3-4-8-12-22/h21-26H,1-20H2. The Morgan fingerprint density at radius 3 is 1.09 bits per heavy atom. The van der Waals surface area contributed by atoms with E-state index in [-0.39, 0.29) is 24.4 Å². The van der Waals surface area contributed by atoms with E-state index in [4.69, 9.17) is 33.2 Å². The molecule has 0 spiro atoms. The van der Waals surface area contributed by atoms with E-state index in [1.165, 1.54) is 77.0 Å². The van der Waals surface area contributed by atoms with E-state index in [1.54, 1.807) is 0 Å². The van der Waals surface area contributed by atoms with Gasteiger partial charge in [0.25, 0.3) is 0 Å². The van der Waals surface area contributed by atoms with Gasteiger partial charge in [-0.25, -0.2) is 0 Å². The van der Waals surface area contributed by atoms with Gasteiger partial charge in [0.1, 0.15) is 24.4 Å². The first-order valence-electron chi connectivity index (χ1n) is 13.6. The molecular weight excluding hydrogens is 424 g/mol. The lowest BCUT2D eigenvalue weighted by molar-refractivity contribution is -0.190. The molecule has 2 saturated heterocycles. The van der Waals surface area contributed by atoms with Gasteiger partial charge < -0.3 is 33.2 Å². The molecule has 7 nitrogen and oxygen atoms in total. The topological polar surface area (TPSA) is 64.6 Å². The summed E-state index contributed by atoms with van der Waals surface area (Å²) in [6, 6.07) is 0. The Bertz CT molecular complexity index is 443. The first kappa shape index (κ1) is 25.8. The number of rotatable bonds is 10. The zero-order valence-corrected chi connectivity index (χ0v) is 20.5. The molecule has 0 aromatic heterocycles. The Morgan fingerprint density at radius 2 is 0.758 bits per heavy atom. The maximum absolute atomic E-state index is 6.09. The molecule has 4 unspecified atom stereocenters. The number of ether oxygens (including phenoxy) is 7. The molecule has 4 fully saturated rings. The van der Waals surface area contributed by atoms with Gasteiger partial charge in [0.2, 0.25) is 0 Å². The Balaban J connectivity index is 0.997. The van der Waals surface area contributed by atoms with Crippen molar-refractivity contribution in [3.63, 3.8) is 0 Å². The van der Waals surface area contributed by atoms with Crippen LogP contribution >= 0.6 is 0 Å². The van der Waals surface area contributed by atoms with Crippen molar-refractivity contribution in [2.45, 2.75) is 114 Å². The minimum Gasteiger partial charge on any atom is -0.376 e. The lowest BCUT2D eigenvalue weighted by atomic mass is 10.1. The highest BCUT2D eigenvalue weighted by atomic mass is 16.6. The molecule has 2 aliphatic heterocycles. The highest BCUT2D eigenvalue weighted by Crippen LogP contribution is 2.22. The van der Waals surface area contributed by atoms with Crippen molar-refractivity contribution in [2.75, 3.05) is 52.9 Å². The van der Waals surface area contributed by atoms with Crippen LogP contribution in [0.15, 0.2) is 0 Å². The minimum atomic E-state index is -0.0237. The average Bonchev–Trinajstić information content (AvgIpc) is 3.28. The van der Waals surface area contributed by atoms with Crippen LogP contribution in [0.3, 0.4) is 0 Å². The van der Waals surface area contributed by atoms with Crippen LogP contribution in [0.25, 0.3) is 0 Å². The Hall–Kier alpha value is -0.280. The molecule has 192 valence electrons. The van der Waals surface area contributed by atoms with Gasteiger partial charge in [-0.3, -0.25) is 0 Å². The van der Waals surface area contributed by atoms with Crippen LogP contribution in [0.1, 0.15) is 77.0 Å². The summed E-state index contributed by atoms with van der Waals surface area (Å²) in [5.74, 6) is 0. The molecule has 0 aromatic carbocycles. The van der Waals surface area contributed by atoms with Gasteiger partial charge in [-0.1, -0.05) is 51.4 Å². The molecule has 33 heavy (non-hydrogen) atoms. The third kappa shape index (κ3) is 9.71. The van der Waals surface area contributed by atoms with Gasteiger partial charge in [-0.05, 0) is 25.7 Å². The second-order valence-electron chi connectivity index (χ2n) is 10.3. The maximum Gasteiger partial charge on any atom is 0.104 e. The van der Waals surface area contributed by atoms with Gasteiger partial charge in [0.05, 0.1) is 65.1 Å². The van der Waals surface area contributed by atoms with Crippen LogP contribution in [0, 0.1) is 0 Å². The monoisotopic (exact) mass is 470 g/mol. The minimum absolute atomic E-state index is 0.0237. The lowest BCUT2D eigenvalue weighted by Crippen LogP contribution is -2.43. The van der Waals surface area contributed by atoms with Crippen LogP contribution in [0.2, 0.25) is 0 Å². The lowest BCUT2D eigenvalue weighted by Gasteiger charge is -2.32. The second kappa shape index (κ2) is 15.0. The highest BCUT2D eigenvalue weighted by Gasteiger charge is 2.27. The molecule has 0 bridgehead atoms. The average molecular weight is 471 g/mol. The summed E-state index contributed by atoms with van der Waals surface area (Å²) in [6.07, 6.45) is 16.1. The zero-order valence-electron chi connectivity index (χ0n) is 20.5. The fourth-order valence-corrected chi connectivity index (χ4v) is 5.19. The largest absolute Gasteiger partial charge is 0.376 e. The maximum atomic E-state index is 6.09. The molecule has 4 rings (SSSR count). The molecular formula is C26H46O7. The fraction of sp³-hybridized carbons (Fsp3) is 1.00. The normalized spacial score (nSPS) is 33.5. The van der Waals surface area contributed by atoms with Crippen molar-refractivity contribution in [3.05, 3.63) is 0 Å². The molecule has 2 heterocycles. The quantitative estimate of drug-likeness (QED) is 0.446. The summed E-state index contributed by atoms with van der Waals surface area (Å²) in [7, 11) is 0. The highest BCUT2D eigenvalue weighted by molar-refractivity contribution is 4.72. The van der Waals surface area contributed by atoms with E-state index in [0.717, 1.165) is 0 Å². The number of hydrogen-bond acceptors (Lipinski definition) is 7. The van der Waals surface area contributed by atoms with Crippen LogP contribution < -0.4 is 0 Å². The summed E-state index contributed by atoms with van der Waals surface area (Å²) in [5, 5.41) is 0. The molecule has 7 heteroatoms. The summed E-state index contributed by atoms with van der Waals surface area (Å²) in [5.41, 5.74) is 0. The SMILES string of the molecule is C1CCCC(OCC2COC(COCC3COC(COC4CCCCCC4)CO3)CO2)CC1. The van der Waals surface area contributed by atoms with Crippen LogP contribution in [0.5, 0.6) is 0 Å². The van der Waals surface area contributed by atoms with Crippen molar-refractivity contribution in [2.24, 2.45) is 0 Å². The van der Waals surface area contributed by atoms with E-state index < -0.39 is 0 Å². The van der Waals surface area contributed by atoms with Crippen molar-refractivity contribution < 1.29 is 33.2 Å². The molecule has 0 aromatic rings. The van der Waals surface area contributed by atoms with Crippen molar-refractivity contribution in [1.82, 2.24) is 0 Å². The van der Waals surface area contributed by atoms with Crippen LogP contribution in [0.4, 0.5) is 0 Å². The predicted octanol–water partition coefficient (Wildman–Crippen LogP) is 4.05. The first-order valence-corrected chi connectivity index (χ1v) is 13.6. The molecule has 0 radical (unpaired) electrons. The van der Waals surface area contributed by atoms with Gasteiger partial charge in [0.15, 0.2) is 0 Å². The Kier molecular flexibility index (Phi) is 11.7. The first-order chi connectivity index (χ1) is 16.3. The van der Waals surface area contributed by atoms with Gasteiger partial charge in [0, 0.05) is 0 Å². The molecule has 0 amide bonds. The van der Waals surface area contributed by atoms with E-state index in [1.807, 2.05) is 0 Å². The van der Waals surface area contributed by atoms with Gasteiger partial charge in [-0.15, -0.1) is 0 Å². The molecule has 4 atom stereocenters. The smallest absolute Gasteiger partial charge is 0.104 e. The van der Waals surface area contributed by atoms with Crippen molar-refractivity contribution >= 4 is 0 Å². The number of hydrogen-bond donors (Lipinski definition) is 0. The summed E-state index contributed by atoms with van der Waals surface area (Å²) in [6.45, 7) is 4.57. The van der Waals surface area contributed by atoms with Crippen molar-refractivity contribution in [3.8, 4) is 0 Å². The summed E-state index contributed by atoms with van der Waals surface area (Å²) < 4.78 is 41.8. The molecule has 2 saturated carbocycles. The van der Waals surface area contributed by atoms with Gasteiger partial charge in [-0.2, -0.15) is 0 Å². The zero-order chi connectivity index (χ0) is 22.6. The predicted molar refractivity (Wildman–Crippen MR) is 125 cm³/mol. The van der Waals surface area contributed by atoms with Gasteiger partial charge >= 0.3 is 0 Å². The fourth-order valence-electron chi connectivity index (χ4n) is 5.19. The third-order valence-corrected chi connectivity index (χ3v) is 7.32. The summed E-state index contributed by atoms with van der Waals surface area (Å²) >= 11 is 0. The van der Waals surface area contributed by atoms with E-state index in [0.29, 0.717) is 65.1 Å². The molecule has 2 aliphatic carbocycles. The Morgan fingerprint density at radius 1 is 0.424 bits per heavy atom.